The predicted octanol–water partition coefficient (Wildman–Crippen LogP) is 3.47. The summed E-state index contributed by atoms with van der Waals surface area (Å²) in [6.07, 6.45) is 7.50. The van der Waals surface area contributed by atoms with E-state index in [1.54, 1.807) is 0 Å². The summed E-state index contributed by atoms with van der Waals surface area (Å²) in [5.41, 5.74) is 2.80. The summed E-state index contributed by atoms with van der Waals surface area (Å²) in [4.78, 5) is 1.38. The lowest BCUT2D eigenvalue weighted by Gasteiger charge is -2.22. The fourth-order valence-electron chi connectivity index (χ4n) is 1.35. The van der Waals surface area contributed by atoms with Crippen molar-refractivity contribution < 1.29 is 0 Å². The first-order chi connectivity index (χ1) is 6.79. The predicted molar refractivity (Wildman–Crippen MR) is 66.3 cm³/mol. The van der Waals surface area contributed by atoms with E-state index in [4.69, 9.17) is 0 Å². The SMILES string of the molecule is C\C=C/C=C1/SCCN/C1=C(/C)CC. The Morgan fingerprint density at radius 2 is 2.36 bits per heavy atom. The summed E-state index contributed by atoms with van der Waals surface area (Å²) < 4.78 is 0. The molecule has 0 aliphatic carbocycles. The molecule has 0 saturated carbocycles. The van der Waals surface area contributed by atoms with Crippen LogP contribution in [0.25, 0.3) is 0 Å². The van der Waals surface area contributed by atoms with Crippen molar-refractivity contribution in [3.63, 3.8) is 0 Å². The largest absolute Gasteiger partial charge is 0.383 e. The Kier molecular flexibility index (Phi) is 4.88. The summed E-state index contributed by atoms with van der Waals surface area (Å²) >= 11 is 1.94. The van der Waals surface area contributed by atoms with Crippen LogP contribution in [0, 0.1) is 0 Å². The zero-order valence-electron chi connectivity index (χ0n) is 9.26. The van der Waals surface area contributed by atoms with Gasteiger partial charge in [-0.3, -0.25) is 0 Å². The highest BCUT2D eigenvalue weighted by atomic mass is 32.2. The molecule has 0 radical (unpaired) electrons. The molecule has 0 atom stereocenters. The lowest BCUT2D eigenvalue weighted by Crippen LogP contribution is -2.23. The molecule has 0 spiro atoms. The third-order valence-electron chi connectivity index (χ3n) is 2.30. The van der Waals surface area contributed by atoms with Crippen molar-refractivity contribution in [3.05, 3.63) is 34.4 Å². The van der Waals surface area contributed by atoms with Gasteiger partial charge in [0.15, 0.2) is 0 Å². The summed E-state index contributed by atoms with van der Waals surface area (Å²) in [5, 5.41) is 3.49. The minimum atomic E-state index is 1.09. The van der Waals surface area contributed by atoms with Gasteiger partial charge in [0.25, 0.3) is 0 Å². The monoisotopic (exact) mass is 209 g/mol. The standard InChI is InChI=1S/C12H19NS/c1-4-6-7-11-12(10(3)5-2)13-8-9-14-11/h4,6-7,13H,5,8-9H2,1-3H3/b6-4-,11-7+,12-10-. The van der Waals surface area contributed by atoms with Crippen LogP contribution in [0.15, 0.2) is 34.4 Å². The third kappa shape index (κ3) is 2.95. The molecule has 78 valence electrons. The second-order valence-electron chi connectivity index (χ2n) is 3.34. The van der Waals surface area contributed by atoms with Gasteiger partial charge in [-0.05, 0) is 31.9 Å². The van der Waals surface area contributed by atoms with Crippen LogP contribution in [0.1, 0.15) is 27.2 Å². The van der Waals surface area contributed by atoms with Gasteiger partial charge in [0.1, 0.15) is 0 Å². The Hall–Kier alpha value is -0.630. The Morgan fingerprint density at radius 1 is 1.57 bits per heavy atom. The maximum Gasteiger partial charge on any atom is 0.0467 e. The van der Waals surface area contributed by atoms with E-state index in [0.29, 0.717) is 0 Å². The van der Waals surface area contributed by atoms with Crippen molar-refractivity contribution in [3.8, 4) is 0 Å². The van der Waals surface area contributed by atoms with Crippen molar-refractivity contribution in [2.75, 3.05) is 12.3 Å². The van der Waals surface area contributed by atoms with Crippen molar-refractivity contribution >= 4 is 11.8 Å². The molecule has 0 unspecified atom stereocenters. The Morgan fingerprint density at radius 3 is 3.00 bits per heavy atom. The highest BCUT2D eigenvalue weighted by Crippen LogP contribution is 2.28. The molecule has 0 aromatic carbocycles. The molecule has 1 N–H and O–H groups in total. The van der Waals surface area contributed by atoms with Gasteiger partial charge in [-0.15, -0.1) is 11.8 Å². The number of hydrogen-bond acceptors (Lipinski definition) is 2. The molecule has 0 aromatic rings. The fourth-order valence-corrected chi connectivity index (χ4v) is 2.34. The number of hydrogen-bond donors (Lipinski definition) is 1. The second kappa shape index (κ2) is 5.97. The Bertz CT molecular complexity index is 274. The van der Waals surface area contributed by atoms with E-state index in [0.717, 1.165) is 13.0 Å². The molecule has 1 nitrogen and oxygen atoms in total. The quantitative estimate of drug-likeness (QED) is 0.747. The van der Waals surface area contributed by atoms with Crippen molar-refractivity contribution in [1.82, 2.24) is 5.32 Å². The van der Waals surface area contributed by atoms with Crippen LogP contribution in [0.2, 0.25) is 0 Å². The maximum absolute atomic E-state index is 3.49. The van der Waals surface area contributed by atoms with Gasteiger partial charge in [0, 0.05) is 22.9 Å². The van der Waals surface area contributed by atoms with Crippen LogP contribution >= 0.6 is 11.8 Å². The highest BCUT2D eigenvalue weighted by molar-refractivity contribution is 8.03. The summed E-state index contributed by atoms with van der Waals surface area (Å²) in [5.74, 6) is 1.17. The van der Waals surface area contributed by atoms with Crippen LogP contribution in [-0.2, 0) is 0 Å². The fraction of sp³-hybridized carbons (Fsp3) is 0.500. The average molecular weight is 209 g/mol. The average Bonchev–Trinajstić information content (AvgIpc) is 2.25. The van der Waals surface area contributed by atoms with Crippen molar-refractivity contribution in [1.29, 1.82) is 0 Å². The van der Waals surface area contributed by atoms with Gasteiger partial charge in [-0.1, -0.05) is 19.1 Å². The van der Waals surface area contributed by atoms with E-state index in [1.165, 1.54) is 21.9 Å². The van der Waals surface area contributed by atoms with E-state index < -0.39 is 0 Å². The van der Waals surface area contributed by atoms with Crippen LogP contribution in [0.3, 0.4) is 0 Å². The minimum Gasteiger partial charge on any atom is -0.383 e. The normalized spacial score (nSPS) is 24.1. The molecule has 0 amide bonds. The molecular formula is C12H19NS. The molecule has 2 heteroatoms. The smallest absolute Gasteiger partial charge is 0.0467 e. The molecule has 1 aliphatic heterocycles. The Balaban J connectivity index is 2.89. The summed E-state index contributed by atoms with van der Waals surface area (Å²) in [6.45, 7) is 7.55. The highest BCUT2D eigenvalue weighted by Gasteiger charge is 2.12. The molecule has 1 fully saturated rings. The molecular weight excluding hydrogens is 190 g/mol. The molecule has 1 aliphatic rings. The van der Waals surface area contributed by atoms with Crippen LogP contribution in [-0.4, -0.2) is 12.3 Å². The maximum atomic E-state index is 3.49. The van der Waals surface area contributed by atoms with Crippen LogP contribution in [0.5, 0.6) is 0 Å². The van der Waals surface area contributed by atoms with E-state index >= 15 is 0 Å². The molecule has 1 rings (SSSR count). The topological polar surface area (TPSA) is 12.0 Å². The van der Waals surface area contributed by atoms with Gasteiger partial charge in [0.05, 0.1) is 0 Å². The lowest BCUT2D eigenvalue weighted by atomic mass is 10.1. The first-order valence-corrected chi connectivity index (χ1v) is 6.18. The van der Waals surface area contributed by atoms with Crippen molar-refractivity contribution in [2.45, 2.75) is 27.2 Å². The molecule has 0 bridgehead atoms. The third-order valence-corrected chi connectivity index (χ3v) is 3.36. The molecule has 1 saturated heterocycles. The molecule has 1 heterocycles. The zero-order valence-corrected chi connectivity index (χ0v) is 10.1. The minimum absolute atomic E-state index is 1.09. The van der Waals surface area contributed by atoms with Gasteiger partial charge >= 0.3 is 0 Å². The Labute approximate surface area is 91.4 Å². The number of rotatable bonds is 2. The van der Waals surface area contributed by atoms with Gasteiger partial charge < -0.3 is 5.32 Å². The summed E-state index contributed by atoms with van der Waals surface area (Å²) in [7, 11) is 0. The van der Waals surface area contributed by atoms with E-state index in [1.807, 2.05) is 18.7 Å². The lowest BCUT2D eigenvalue weighted by molar-refractivity contribution is 0.841. The van der Waals surface area contributed by atoms with Crippen LogP contribution in [0.4, 0.5) is 0 Å². The number of allylic oxidation sites excluding steroid dienone is 4. The van der Waals surface area contributed by atoms with Crippen molar-refractivity contribution in [2.24, 2.45) is 0 Å². The van der Waals surface area contributed by atoms with E-state index in [-0.39, 0.29) is 0 Å². The van der Waals surface area contributed by atoms with Crippen LogP contribution < -0.4 is 5.32 Å². The zero-order chi connectivity index (χ0) is 10.4. The second-order valence-corrected chi connectivity index (χ2v) is 4.48. The van der Waals surface area contributed by atoms with E-state index in [2.05, 4.69) is 37.4 Å². The molecule has 14 heavy (non-hydrogen) atoms. The van der Waals surface area contributed by atoms with Gasteiger partial charge in [-0.25, -0.2) is 0 Å². The molecule has 0 aromatic heterocycles. The van der Waals surface area contributed by atoms with Gasteiger partial charge in [0.2, 0.25) is 0 Å². The van der Waals surface area contributed by atoms with E-state index in [9.17, 15) is 0 Å². The van der Waals surface area contributed by atoms with Gasteiger partial charge in [-0.2, -0.15) is 0 Å². The number of nitrogens with one attached hydrogen (secondary N) is 1. The number of thioether (sulfide) groups is 1. The summed E-state index contributed by atoms with van der Waals surface area (Å²) in [6, 6.07) is 0. The first-order valence-electron chi connectivity index (χ1n) is 5.19. The first kappa shape index (κ1) is 11.4.